The third-order valence-corrected chi connectivity index (χ3v) is 4.18. The van der Waals surface area contributed by atoms with Gasteiger partial charge in [-0.25, -0.2) is 4.39 Å². The summed E-state index contributed by atoms with van der Waals surface area (Å²) in [5.41, 5.74) is 0.790. The molecule has 1 heterocycles. The maximum Gasteiger partial charge on any atom is 0.127 e. The molecule has 1 saturated heterocycles. The zero-order chi connectivity index (χ0) is 13.7. The molecule has 0 radical (unpaired) electrons. The van der Waals surface area contributed by atoms with E-state index >= 15 is 0 Å². The normalized spacial score (nSPS) is 20.7. The van der Waals surface area contributed by atoms with E-state index in [2.05, 4.69) is 33.1 Å². The van der Waals surface area contributed by atoms with Crippen molar-refractivity contribution in [2.45, 2.75) is 26.3 Å². The first-order valence-electron chi connectivity index (χ1n) is 7.06. The van der Waals surface area contributed by atoms with E-state index in [4.69, 9.17) is 0 Å². The van der Waals surface area contributed by atoms with Gasteiger partial charge in [0.1, 0.15) is 5.82 Å². The molecular weight excluding hydrogens is 307 g/mol. The maximum absolute atomic E-state index is 13.8. The van der Waals surface area contributed by atoms with Gasteiger partial charge in [-0.3, -0.25) is 4.90 Å². The smallest absolute Gasteiger partial charge is 0.127 e. The second-order valence-electron chi connectivity index (χ2n) is 5.29. The summed E-state index contributed by atoms with van der Waals surface area (Å²) in [6.45, 7) is 7.10. The van der Waals surface area contributed by atoms with E-state index < -0.39 is 0 Å². The monoisotopic (exact) mass is 328 g/mol. The second kappa shape index (κ2) is 7.36. The average molecular weight is 329 g/mol. The van der Waals surface area contributed by atoms with Gasteiger partial charge >= 0.3 is 0 Å². The number of nitrogens with one attached hydrogen (secondary N) is 1. The number of hydrogen-bond acceptors (Lipinski definition) is 2. The molecule has 106 valence electrons. The molecule has 2 nitrogen and oxygen atoms in total. The Morgan fingerprint density at radius 2 is 2.32 bits per heavy atom. The maximum atomic E-state index is 13.8. The Morgan fingerprint density at radius 3 is 3.11 bits per heavy atom. The summed E-state index contributed by atoms with van der Waals surface area (Å²) in [6.07, 6.45) is 2.50. The standard InChI is InChI=1S/C15H22BrFN2/c1-2-18-9-12-4-3-7-19(10-12)11-13-8-14(16)5-6-15(13)17/h5-6,8,12,18H,2-4,7,9-11H2,1H3. The fourth-order valence-electron chi connectivity index (χ4n) is 2.72. The van der Waals surface area contributed by atoms with Gasteiger partial charge in [-0.05, 0) is 56.6 Å². The van der Waals surface area contributed by atoms with Crippen LogP contribution in [-0.4, -0.2) is 31.1 Å². The summed E-state index contributed by atoms with van der Waals surface area (Å²) in [6, 6.07) is 5.19. The largest absolute Gasteiger partial charge is 0.317 e. The third kappa shape index (κ3) is 4.55. The van der Waals surface area contributed by atoms with Crippen LogP contribution < -0.4 is 5.32 Å². The van der Waals surface area contributed by atoms with Gasteiger partial charge in [0.2, 0.25) is 0 Å². The molecule has 1 aliphatic rings. The molecule has 1 atom stereocenters. The number of nitrogens with zero attached hydrogens (tertiary/aromatic N) is 1. The zero-order valence-corrected chi connectivity index (χ0v) is 13.0. The summed E-state index contributed by atoms with van der Waals surface area (Å²) in [5, 5.41) is 3.41. The van der Waals surface area contributed by atoms with E-state index in [1.165, 1.54) is 12.8 Å². The van der Waals surface area contributed by atoms with E-state index in [0.29, 0.717) is 12.5 Å². The highest BCUT2D eigenvalue weighted by molar-refractivity contribution is 9.10. The van der Waals surface area contributed by atoms with Crippen LogP contribution in [0.4, 0.5) is 4.39 Å². The molecule has 0 aromatic heterocycles. The predicted molar refractivity (Wildman–Crippen MR) is 80.6 cm³/mol. The highest BCUT2D eigenvalue weighted by Gasteiger charge is 2.20. The third-order valence-electron chi connectivity index (χ3n) is 3.69. The molecule has 1 aromatic carbocycles. The number of likely N-dealkylation sites (tertiary alicyclic amines) is 1. The first kappa shape index (κ1) is 14.9. The van der Waals surface area contributed by atoms with Gasteiger partial charge in [0, 0.05) is 23.1 Å². The van der Waals surface area contributed by atoms with Crippen molar-refractivity contribution in [2.75, 3.05) is 26.2 Å². The number of hydrogen-bond donors (Lipinski definition) is 1. The van der Waals surface area contributed by atoms with Crippen LogP contribution in [0.3, 0.4) is 0 Å². The van der Waals surface area contributed by atoms with Crippen LogP contribution in [0, 0.1) is 11.7 Å². The molecule has 19 heavy (non-hydrogen) atoms. The van der Waals surface area contributed by atoms with Gasteiger partial charge in [-0.15, -0.1) is 0 Å². The molecule has 1 N–H and O–H groups in total. The lowest BCUT2D eigenvalue weighted by Gasteiger charge is -2.33. The van der Waals surface area contributed by atoms with Crippen LogP contribution in [0.15, 0.2) is 22.7 Å². The van der Waals surface area contributed by atoms with Crippen LogP contribution in [0.1, 0.15) is 25.3 Å². The lowest BCUT2D eigenvalue weighted by Crippen LogP contribution is -2.39. The summed E-state index contributed by atoms with van der Waals surface area (Å²) in [4.78, 5) is 2.37. The molecule has 1 aliphatic heterocycles. The molecule has 0 saturated carbocycles. The minimum absolute atomic E-state index is 0.1000. The quantitative estimate of drug-likeness (QED) is 0.891. The summed E-state index contributed by atoms with van der Waals surface area (Å²) in [5.74, 6) is 0.598. The number of piperidine rings is 1. The molecule has 0 spiro atoms. The molecule has 1 unspecified atom stereocenters. The van der Waals surface area contributed by atoms with Crippen molar-refractivity contribution in [3.8, 4) is 0 Å². The van der Waals surface area contributed by atoms with Crippen LogP contribution in [0.2, 0.25) is 0 Å². The van der Waals surface area contributed by atoms with Crippen LogP contribution in [-0.2, 0) is 6.54 Å². The molecule has 1 aromatic rings. The minimum atomic E-state index is -0.1000. The predicted octanol–water partition coefficient (Wildman–Crippen LogP) is 3.41. The van der Waals surface area contributed by atoms with Crippen molar-refractivity contribution in [3.63, 3.8) is 0 Å². The van der Waals surface area contributed by atoms with Crippen LogP contribution >= 0.6 is 15.9 Å². The van der Waals surface area contributed by atoms with Gasteiger partial charge < -0.3 is 5.32 Å². The Hall–Kier alpha value is -0.450. The fourth-order valence-corrected chi connectivity index (χ4v) is 3.12. The number of halogens is 2. The Balaban J connectivity index is 1.93. The van der Waals surface area contributed by atoms with Crippen molar-refractivity contribution < 1.29 is 4.39 Å². The van der Waals surface area contributed by atoms with Crippen LogP contribution in [0.5, 0.6) is 0 Å². The molecule has 4 heteroatoms. The SMILES string of the molecule is CCNCC1CCCN(Cc2cc(Br)ccc2F)C1. The van der Waals surface area contributed by atoms with Crippen molar-refractivity contribution in [1.29, 1.82) is 0 Å². The fraction of sp³-hybridized carbons (Fsp3) is 0.600. The average Bonchev–Trinajstić information content (AvgIpc) is 2.41. The van der Waals surface area contributed by atoms with Crippen molar-refractivity contribution in [2.24, 2.45) is 5.92 Å². The Morgan fingerprint density at radius 1 is 1.47 bits per heavy atom. The summed E-state index contributed by atoms with van der Waals surface area (Å²) < 4.78 is 14.7. The van der Waals surface area contributed by atoms with Crippen LogP contribution in [0.25, 0.3) is 0 Å². The highest BCUT2D eigenvalue weighted by atomic mass is 79.9. The van der Waals surface area contributed by atoms with Gasteiger partial charge in [-0.2, -0.15) is 0 Å². The second-order valence-corrected chi connectivity index (χ2v) is 6.20. The summed E-state index contributed by atoms with van der Waals surface area (Å²) >= 11 is 3.41. The van der Waals surface area contributed by atoms with Gasteiger partial charge in [0.25, 0.3) is 0 Å². The molecular formula is C15H22BrFN2. The Kier molecular flexibility index (Phi) is 5.79. The Labute approximate surface area is 123 Å². The van der Waals surface area contributed by atoms with Crippen molar-refractivity contribution in [1.82, 2.24) is 10.2 Å². The van der Waals surface area contributed by atoms with E-state index in [1.807, 2.05) is 6.07 Å². The molecule has 0 amide bonds. The van der Waals surface area contributed by atoms with Crippen molar-refractivity contribution in [3.05, 3.63) is 34.1 Å². The lowest BCUT2D eigenvalue weighted by molar-refractivity contribution is 0.164. The molecule has 0 aliphatic carbocycles. The van der Waals surface area contributed by atoms with E-state index in [1.54, 1.807) is 12.1 Å². The Bertz CT molecular complexity index is 411. The van der Waals surface area contributed by atoms with E-state index in [9.17, 15) is 4.39 Å². The summed E-state index contributed by atoms with van der Waals surface area (Å²) in [7, 11) is 0. The topological polar surface area (TPSA) is 15.3 Å². The lowest BCUT2D eigenvalue weighted by atomic mass is 9.97. The van der Waals surface area contributed by atoms with E-state index in [0.717, 1.165) is 36.2 Å². The van der Waals surface area contributed by atoms with Gasteiger partial charge in [0.05, 0.1) is 0 Å². The molecule has 0 bridgehead atoms. The minimum Gasteiger partial charge on any atom is -0.317 e. The zero-order valence-electron chi connectivity index (χ0n) is 11.5. The van der Waals surface area contributed by atoms with E-state index in [-0.39, 0.29) is 5.82 Å². The first-order chi connectivity index (χ1) is 9.19. The molecule has 1 fully saturated rings. The first-order valence-corrected chi connectivity index (χ1v) is 7.85. The highest BCUT2D eigenvalue weighted by Crippen LogP contribution is 2.21. The van der Waals surface area contributed by atoms with Gasteiger partial charge in [0.15, 0.2) is 0 Å². The van der Waals surface area contributed by atoms with Crippen molar-refractivity contribution >= 4 is 15.9 Å². The number of benzene rings is 1. The molecule has 2 rings (SSSR count). The number of rotatable bonds is 5. The van der Waals surface area contributed by atoms with Gasteiger partial charge in [-0.1, -0.05) is 22.9 Å².